The van der Waals surface area contributed by atoms with Crippen molar-refractivity contribution < 1.29 is 31.8 Å². The summed E-state index contributed by atoms with van der Waals surface area (Å²) < 4.78 is 0. The summed E-state index contributed by atoms with van der Waals surface area (Å²) >= 11 is 1.87. The third-order valence-corrected chi connectivity index (χ3v) is 4.58. The van der Waals surface area contributed by atoms with Crippen molar-refractivity contribution in [2.45, 2.75) is 43.0 Å². The van der Waals surface area contributed by atoms with E-state index in [9.17, 15) is 9.59 Å². The van der Waals surface area contributed by atoms with E-state index in [0.717, 1.165) is 25.0 Å². The van der Waals surface area contributed by atoms with E-state index in [0.29, 0.717) is 5.25 Å². The van der Waals surface area contributed by atoms with Crippen LogP contribution in [0, 0.1) is 0 Å². The number of nitrogens with one attached hydrogen (secondary N) is 2. The minimum atomic E-state index is -0.729. The summed E-state index contributed by atoms with van der Waals surface area (Å²) in [5.74, 6) is 0.236. The molecule has 2 saturated heterocycles. The van der Waals surface area contributed by atoms with Gasteiger partial charge >= 0.3 is 12.0 Å². The van der Waals surface area contributed by atoms with Crippen LogP contribution in [0.5, 0.6) is 0 Å². The van der Waals surface area contributed by atoms with Crippen molar-refractivity contribution in [2.75, 3.05) is 5.75 Å². The van der Waals surface area contributed by atoms with Crippen molar-refractivity contribution in [3.63, 3.8) is 0 Å². The van der Waals surface area contributed by atoms with Crippen molar-refractivity contribution >= 4 is 23.8 Å². The van der Waals surface area contributed by atoms with Crippen LogP contribution < -0.4 is 10.6 Å². The third-order valence-electron chi connectivity index (χ3n) is 3.07. The smallest absolute Gasteiger partial charge is 0.315 e. The van der Waals surface area contributed by atoms with Crippen molar-refractivity contribution in [1.82, 2.24) is 10.6 Å². The Morgan fingerprint density at radius 1 is 1.41 bits per heavy atom. The second-order valence-corrected chi connectivity index (χ2v) is 5.53. The Hall–Kier alpha value is -0.391. The molecular weight excluding hydrogens is 292 g/mol. The van der Waals surface area contributed by atoms with Crippen LogP contribution in [-0.2, 0) is 21.9 Å². The largest absolute Gasteiger partial charge is 0.481 e. The number of urea groups is 1. The van der Waals surface area contributed by atoms with Gasteiger partial charge in [-0.15, -0.1) is 0 Å². The third kappa shape index (κ3) is 3.79. The quantitative estimate of drug-likeness (QED) is 0.399. The Labute approximate surface area is 115 Å². The first-order valence-electron chi connectivity index (χ1n) is 5.57. The molecule has 2 aliphatic rings. The number of carboxylic acids is 1. The average molecular weight is 308 g/mol. The van der Waals surface area contributed by atoms with Gasteiger partial charge in [0.15, 0.2) is 0 Å². The molecule has 2 heterocycles. The number of rotatable bonds is 5. The zero-order valence-corrected chi connectivity index (χ0v) is 11.0. The Morgan fingerprint density at radius 2 is 2.18 bits per heavy atom. The Kier molecular flexibility index (Phi) is 5.62. The SMILES string of the molecule is O=C(O)CCCC[C@@H]1SC[C@@H]2NC(=O)N[C@@H]21.[Cu]. The van der Waals surface area contributed by atoms with Crippen LogP contribution in [0.15, 0.2) is 0 Å². The maximum absolute atomic E-state index is 11.1. The molecule has 0 aliphatic carbocycles. The number of hydrogen-bond donors (Lipinski definition) is 3. The van der Waals surface area contributed by atoms with Gasteiger partial charge in [-0.2, -0.15) is 11.8 Å². The fraction of sp³-hybridized carbons (Fsp3) is 0.800. The molecule has 0 bridgehead atoms. The first-order chi connectivity index (χ1) is 7.66. The van der Waals surface area contributed by atoms with Crippen LogP contribution in [0.3, 0.4) is 0 Å². The van der Waals surface area contributed by atoms with E-state index in [4.69, 9.17) is 5.11 Å². The van der Waals surface area contributed by atoms with Gasteiger partial charge in [0.2, 0.25) is 0 Å². The van der Waals surface area contributed by atoms with Crippen LogP contribution in [0.25, 0.3) is 0 Å². The monoisotopic (exact) mass is 307 g/mol. The van der Waals surface area contributed by atoms with E-state index >= 15 is 0 Å². The predicted octanol–water partition coefficient (Wildman–Crippen LogP) is 0.794. The first kappa shape index (κ1) is 14.7. The standard InChI is InChI=1S/C10H16N2O3S.Cu/c13-8(14)4-2-1-3-7-9-6(5-16-7)11-10(15)12-9;/h6-7,9H,1-5H2,(H,13,14)(H2,11,12,15);/t6-,7-,9-;/m0./s1. The number of unbranched alkanes of at least 4 members (excludes halogenated alkanes) is 1. The molecule has 3 atom stereocenters. The first-order valence-corrected chi connectivity index (χ1v) is 6.62. The number of thioether (sulfide) groups is 1. The number of carbonyl (C=O) groups excluding carboxylic acids is 1. The Morgan fingerprint density at radius 3 is 2.88 bits per heavy atom. The van der Waals surface area contributed by atoms with Gasteiger partial charge in [-0.25, -0.2) is 4.79 Å². The average Bonchev–Trinajstić information content (AvgIpc) is 2.72. The van der Waals surface area contributed by atoms with Crippen LogP contribution in [0.1, 0.15) is 25.7 Å². The molecule has 2 fully saturated rings. The van der Waals surface area contributed by atoms with E-state index in [2.05, 4.69) is 10.6 Å². The molecule has 2 aliphatic heterocycles. The summed E-state index contributed by atoms with van der Waals surface area (Å²) in [6, 6.07) is 0.440. The zero-order valence-electron chi connectivity index (χ0n) is 9.24. The fourth-order valence-electron chi connectivity index (χ4n) is 2.26. The van der Waals surface area contributed by atoms with Crippen LogP contribution in [0.2, 0.25) is 0 Å². The molecule has 7 heteroatoms. The van der Waals surface area contributed by atoms with Gasteiger partial charge in [0.25, 0.3) is 0 Å². The van der Waals surface area contributed by atoms with E-state index in [-0.39, 0.29) is 41.6 Å². The maximum atomic E-state index is 11.1. The van der Waals surface area contributed by atoms with Gasteiger partial charge in [-0.3, -0.25) is 4.79 Å². The molecule has 1 radical (unpaired) electrons. The number of amides is 2. The van der Waals surface area contributed by atoms with Gasteiger partial charge in [0, 0.05) is 34.5 Å². The van der Waals surface area contributed by atoms with Gasteiger partial charge in [-0.05, 0) is 12.8 Å². The molecule has 3 N–H and O–H groups in total. The number of carbonyl (C=O) groups is 2. The van der Waals surface area contributed by atoms with E-state index in [1.165, 1.54) is 0 Å². The van der Waals surface area contributed by atoms with Crippen molar-refractivity contribution in [3.8, 4) is 0 Å². The molecule has 0 aromatic rings. The van der Waals surface area contributed by atoms with Gasteiger partial charge in [0.1, 0.15) is 0 Å². The van der Waals surface area contributed by atoms with Gasteiger partial charge in [0.05, 0.1) is 12.1 Å². The summed E-state index contributed by atoms with van der Waals surface area (Å²) in [5.41, 5.74) is 0. The van der Waals surface area contributed by atoms with E-state index in [1.54, 1.807) is 0 Å². The van der Waals surface area contributed by atoms with Gasteiger partial charge in [-0.1, -0.05) is 6.42 Å². The Bertz CT molecular complexity index is 303. The van der Waals surface area contributed by atoms with Crippen LogP contribution in [-0.4, -0.2) is 40.2 Å². The second kappa shape index (κ2) is 6.52. The number of fused-ring (bicyclic) bond motifs is 1. The minimum Gasteiger partial charge on any atom is -0.481 e. The predicted molar refractivity (Wildman–Crippen MR) is 61.6 cm³/mol. The molecule has 0 aromatic heterocycles. The number of aliphatic carboxylic acids is 1. The summed E-state index contributed by atoms with van der Waals surface area (Å²) in [6.45, 7) is 0. The molecule has 0 saturated carbocycles. The fourth-order valence-corrected chi connectivity index (χ4v) is 3.81. The van der Waals surface area contributed by atoms with Crippen molar-refractivity contribution in [3.05, 3.63) is 0 Å². The topological polar surface area (TPSA) is 78.4 Å². The van der Waals surface area contributed by atoms with Crippen molar-refractivity contribution in [2.24, 2.45) is 0 Å². The summed E-state index contributed by atoms with van der Waals surface area (Å²) in [7, 11) is 0. The maximum Gasteiger partial charge on any atom is 0.315 e. The summed E-state index contributed by atoms with van der Waals surface area (Å²) in [6.07, 6.45) is 2.88. The molecule has 17 heavy (non-hydrogen) atoms. The Balaban J connectivity index is 0.00000144. The zero-order chi connectivity index (χ0) is 11.5. The number of carboxylic acid groups (broad SMARTS) is 1. The summed E-state index contributed by atoms with van der Waals surface area (Å²) in [5, 5.41) is 14.8. The molecule has 0 unspecified atom stereocenters. The normalized spacial score (nSPS) is 30.1. The van der Waals surface area contributed by atoms with Crippen LogP contribution >= 0.6 is 11.8 Å². The molecule has 5 nitrogen and oxygen atoms in total. The molecule has 2 amide bonds. The van der Waals surface area contributed by atoms with Gasteiger partial charge < -0.3 is 15.7 Å². The van der Waals surface area contributed by atoms with Crippen molar-refractivity contribution in [1.29, 1.82) is 0 Å². The minimum absolute atomic E-state index is 0. The summed E-state index contributed by atoms with van der Waals surface area (Å²) in [4.78, 5) is 21.5. The van der Waals surface area contributed by atoms with E-state index < -0.39 is 5.97 Å². The molecule has 101 valence electrons. The molecule has 0 aromatic carbocycles. The second-order valence-electron chi connectivity index (χ2n) is 4.26. The molecular formula is C10H16CuN2O3S. The molecule has 2 rings (SSSR count). The van der Waals surface area contributed by atoms with Crippen LogP contribution in [0.4, 0.5) is 4.79 Å². The van der Waals surface area contributed by atoms with E-state index in [1.807, 2.05) is 11.8 Å². The molecule has 0 spiro atoms. The number of hydrogen-bond acceptors (Lipinski definition) is 3.